The lowest BCUT2D eigenvalue weighted by Crippen LogP contribution is -1.87. The predicted molar refractivity (Wildman–Crippen MR) is 52.0 cm³/mol. The van der Waals surface area contributed by atoms with Gasteiger partial charge < -0.3 is 0 Å². The van der Waals surface area contributed by atoms with Crippen LogP contribution in [0.3, 0.4) is 0 Å². The first-order chi connectivity index (χ1) is 6.27. The monoisotopic (exact) mass is 180 g/mol. The van der Waals surface area contributed by atoms with Crippen LogP contribution < -0.4 is 0 Å². The standard InChI is InChI=1S/C8H7FN2.C2H6/c1-11-8-3-2-7(9)4-6(8)5-10-11;1-2/h2-5H,1H3;1-2H3. The van der Waals surface area contributed by atoms with E-state index < -0.39 is 0 Å². The summed E-state index contributed by atoms with van der Waals surface area (Å²) in [4.78, 5) is 0. The number of halogens is 1. The summed E-state index contributed by atoms with van der Waals surface area (Å²) in [5, 5.41) is 4.83. The van der Waals surface area contributed by atoms with E-state index in [2.05, 4.69) is 5.10 Å². The summed E-state index contributed by atoms with van der Waals surface area (Å²) in [7, 11) is 1.83. The summed E-state index contributed by atoms with van der Waals surface area (Å²) in [6, 6.07) is 4.63. The van der Waals surface area contributed by atoms with Gasteiger partial charge in [-0.3, -0.25) is 4.68 Å². The topological polar surface area (TPSA) is 17.8 Å². The van der Waals surface area contributed by atoms with Crippen molar-refractivity contribution in [3.8, 4) is 0 Å². The number of benzene rings is 1. The molecule has 0 unspecified atom stereocenters. The summed E-state index contributed by atoms with van der Waals surface area (Å²) < 4.78 is 14.3. The highest BCUT2D eigenvalue weighted by atomic mass is 19.1. The molecule has 0 fully saturated rings. The highest BCUT2D eigenvalue weighted by Crippen LogP contribution is 2.13. The Bertz CT molecular complexity index is 393. The molecule has 0 N–H and O–H groups in total. The molecule has 0 amide bonds. The number of aromatic nitrogens is 2. The number of fused-ring (bicyclic) bond motifs is 1. The Morgan fingerprint density at radius 1 is 1.31 bits per heavy atom. The third-order valence-corrected chi connectivity index (χ3v) is 1.71. The van der Waals surface area contributed by atoms with Gasteiger partial charge in [-0.25, -0.2) is 4.39 Å². The summed E-state index contributed by atoms with van der Waals surface area (Å²) in [6.45, 7) is 4.00. The van der Waals surface area contributed by atoms with Crippen molar-refractivity contribution < 1.29 is 4.39 Å². The van der Waals surface area contributed by atoms with Crippen LogP contribution in [0.25, 0.3) is 10.9 Å². The van der Waals surface area contributed by atoms with Gasteiger partial charge in [-0.05, 0) is 18.2 Å². The molecule has 0 aliphatic carbocycles. The molecule has 2 nitrogen and oxygen atoms in total. The Morgan fingerprint density at radius 2 is 2.00 bits per heavy atom. The van der Waals surface area contributed by atoms with E-state index in [1.54, 1.807) is 16.9 Å². The second-order valence-corrected chi connectivity index (χ2v) is 2.47. The van der Waals surface area contributed by atoms with Crippen molar-refractivity contribution in [3.63, 3.8) is 0 Å². The van der Waals surface area contributed by atoms with Crippen LogP contribution in [0.1, 0.15) is 13.8 Å². The molecule has 0 spiro atoms. The molecule has 0 saturated carbocycles. The maximum absolute atomic E-state index is 12.6. The predicted octanol–water partition coefficient (Wildman–Crippen LogP) is 2.74. The van der Waals surface area contributed by atoms with Crippen molar-refractivity contribution in [3.05, 3.63) is 30.2 Å². The van der Waals surface area contributed by atoms with Crippen molar-refractivity contribution in [2.75, 3.05) is 0 Å². The molecule has 70 valence electrons. The van der Waals surface area contributed by atoms with Gasteiger partial charge in [0.25, 0.3) is 0 Å². The SMILES string of the molecule is CC.Cn1ncc2cc(F)ccc21. The Labute approximate surface area is 77.0 Å². The second kappa shape index (κ2) is 4.03. The molecule has 0 bridgehead atoms. The summed E-state index contributed by atoms with van der Waals surface area (Å²) >= 11 is 0. The Morgan fingerprint density at radius 3 is 2.69 bits per heavy atom. The fourth-order valence-electron chi connectivity index (χ4n) is 1.13. The third-order valence-electron chi connectivity index (χ3n) is 1.71. The average molecular weight is 180 g/mol. The maximum atomic E-state index is 12.6. The molecule has 0 saturated heterocycles. The van der Waals surface area contributed by atoms with Gasteiger partial charge in [-0.15, -0.1) is 0 Å². The first-order valence-corrected chi connectivity index (χ1v) is 4.34. The van der Waals surface area contributed by atoms with Crippen molar-refractivity contribution in [1.29, 1.82) is 0 Å². The van der Waals surface area contributed by atoms with E-state index in [1.165, 1.54) is 12.1 Å². The van der Waals surface area contributed by atoms with Gasteiger partial charge in [-0.1, -0.05) is 13.8 Å². The van der Waals surface area contributed by atoms with Crippen LogP contribution in [0.4, 0.5) is 4.39 Å². The highest BCUT2D eigenvalue weighted by Gasteiger charge is 1.98. The Hall–Kier alpha value is -1.38. The molecule has 1 heterocycles. The van der Waals surface area contributed by atoms with Crippen molar-refractivity contribution in [1.82, 2.24) is 9.78 Å². The van der Waals surface area contributed by atoms with Crippen molar-refractivity contribution in [2.24, 2.45) is 7.05 Å². The van der Waals surface area contributed by atoms with Crippen LogP contribution in [0.2, 0.25) is 0 Å². The highest BCUT2D eigenvalue weighted by molar-refractivity contribution is 5.78. The van der Waals surface area contributed by atoms with Gasteiger partial charge >= 0.3 is 0 Å². The zero-order valence-electron chi connectivity index (χ0n) is 8.08. The minimum Gasteiger partial charge on any atom is -0.268 e. The first-order valence-electron chi connectivity index (χ1n) is 4.34. The lowest BCUT2D eigenvalue weighted by molar-refractivity contribution is 0.629. The maximum Gasteiger partial charge on any atom is 0.124 e. The summed E-state index contributed by atoms with van der Waals surface area (Å²) in [5.41, 5.74) is 0.950. The van der Waals surface area contributed by atoms with Gasteiger partial charge in [0.2, 0.25) is 0 Å². The van der Waals surface area contributed by atoms with Gasteiger partial charge in [0, 0.05) is 12.4 Å². The Kier molecular flexibility index (Phi) is 3.01. The fourth-order valence-corrected chi connectivity index (χ4v) is 1.13. The van der Waals surface area contributed by atoms with E-state index in [0.29, 0.717) is 0 Å². The van der Waals surface area contributed by atoms with Gasteiger partial charge in [-0.2, -0.15) is 5.10 Å². The van der Waals surface area contributed by atoms with Crippen LogP contribution in [-0.2, 0) is 7.05 Å². The van der Waals surface area contributed by atoms with Gasteiger partial charge in [0.1, 0.15) is 5.82 Å². The quantitative estimate of drug-likeness (QED) is 0.609. The van der Waals surface area contributed by atoms with E-state index in [1.807, 2.05) is 20.9 Å². The minimum absolute atomic E-state index is 0.217. The number of aryl methyl sites for hydroxylation is 1. The molecule has 2 rings (SSSR count). The smallest absolute Gasteiger partial charge is 0.124 e. The van der Waals surface area contributed by atoms with Crippen LogP contribution in [0, 0.1) is 5.82 Å². The third kappa shape index (κ3) is 1.86. The normalized spacial score (nSPS) is 9.54. The summed E-state index contributed by atoms with van der Waals surface area (Å²) in [6.07, 6.45) is 1.65. The zero-order valence-corrected chi connectivity index (χ0v) is 8.08. The van der Waals surface area contributed by atoms with Crippen LogP contribution >= 0.6 is 0 Å². The minimum atomic E-state index is -0.217. The lowest BCUT2D eigenvalue weighted by Gasteiger charge is -1.92. The molecule has 0 aliphatic rings. The van der Waals surface area contributed by atoms with E-state index in [-0.39, 0.29) is 5.82 Å². The molecular weight excluding hydrogens is 167 g/mol. The number of rotatable bonds is 0. The molecular formula is C10H13FN2. The largest absolute Gasteiger partial charge is 0.268 e. The zero-order chi connectivity index (χ0) is 9.84. The molecule has 2 aromatic rings. The van der Waals surface area contributed by atoms with Crippen molar-refractivity contribution >= 4 is 10.9 Å². The number of hydrogen-bond donors (Lipinski definition) is 0. The van der Waals surface area contributed by atoms with E-state index in [4.69, 9.17) is 0 Å². The second-order valence-electron chi connectivity index (χ2n) is 2.47. The molecule has 13 heavy (non-hydrogen) atoms. The molecule has 1 aromatic carbocycles. The summed E-state index contributed by atoms with van der Waals surface area (Å²) in [5.74, 6) is -0.217. The van der Waals surface area contributed by atoms with Gasteiger partial charge in [0.15, 0.2) is 0 Å². The van der Waals surface area contributed by atoms with E-state index in [9.17, 15) is 4.39 Å². The Balaban J connectivity index is 0.000000396. The molecule has 1 aromatic heterocycles. The molecule has 0 radical (unpaired) electrons. The number of nitrogens with zero attached hydrogens (tertiary/aromatic N) is 2. The van der Waals surface area contributed by atoms with Crippen LogP contribution in [0.5, 0.6) is 0 Å². The average Bonchev–Trinajstić information content (AvgIpc) is 2.51. The van der Waals surface area contributed by atoms with Crippen molar-refractivity contribution in [2.45, 2.75) is 13.8 Å². The van der Waals surface area contributed by atoms with Gasteiger partial charge in [0.05, 0.1) is 11.7 Å². The molecule has 0 aliphatic heterocycles. The van der Waals surface area contributed by atoms with Crippen LogP contribution in [-0.4, -0.2) is 9.78 Å². The fraction of sp³-hybridized carbons (Fsp3) is 0.300. The number of hydrogen-bond acceptors (Lipinski definition) is 1. The lowest BCUT2D eigenvalue weighted by atomic mass is 10.2. The van der Waals surface area contributed by atoms with E-state index in [0.717, 1.165) is 10.9 Å². The molecule has 3 heteroatoms. The van der Waals surface area contributed by atoms with Crippen LogP contribution in [0.15, 0.2) is 24.4 Å². The van der Waals surface area contributed by atoms with E-state index >= 15 is 0 Å². The molecule has 0 atom stereocenters. The first kappa shape index (κ1) is 9.71.